The van der Waals surface area contributed by atoms with E-state index in [2.05, 4.69) is 41.8 Å². The molecule has 3 fully saturated rings. The van der Waals surface area contributed by atoms with E-state index in [1.165, 1.54) is 30.4 Å². The van der Waals surface area contributed by atoms with Gasteiger partial charge in [-0.3, -0.25) is 4.79 Å². The number of amides is 1. The third-order valence-electron chi connectivity index (χ3n) is 7.24. The highest BCUT2D eigenvalue weighted by atomic mass is 16.5. The van der Waals surface area contributed by atoms with Crippen LogP contribution in [0.25, 0.3) is 0 Å². The lowest BCUT2D eigenvalue weighted by Gasteiger charge is -2.41. The van der Waals surface area contributed by atoms with Gasteiger partial charge in [-0.05, 0) is 56.2 Å². The molecule has 26 heavy (non-hydrogen) atoms. The van der Waals surface area contributed by atoms with E-state index < -0.39 is 0 Å². The highest BCUT2D eigenvalue weighted by Crippen LogP contribution is 2.44. The largest absolute Gasteiger partial charge is 0.381 e. The molecule has 4 rings (SSSR count). The highest BCUT2D eigenvalue weighted by molar-refractivity contribution is 5.84. The maximum absolute atomic E-state index is 13.3. The molecule has 2 atom stereocenters. The molecule has 2 aliphatic heterocycles. The first-order valence-corrected chi connectivity index (χ1v) is 10.3. The van der Waals surface area contributed by atoms with Crippen molar-refractivity contribution in [3.05, 3.63) is 35.4 Å². The number of hydrogen-bond acceptors (Lipinski definition) is 3. The summed E-state index contributed by atoms with van der Waals surface area (Å²) in [5, 5.41) is 6.91. The van der Waals surface area contributed by atoms with Crippen molar-refractivity contribution in [2.75, 3.05) is 32.8 Å². The Morgan fingerprint density at radius 1 is 1.23 bits per heavy atom. The van der Waals surface area contributed by atoms with Crippen LogP contribution in [0.15, 0.2) is 24.3 Å². The Morgan fingerprint density at radius 3 is 2.85 bits per heavy atom. The second-order valence-corrected chi connectivity index (χ2v) is 8.62. The van der Waals surface area contributed by atoms with Crippen LogP contribution < -0.4 is 10.6 Å². The van der Waals surface area contributed by atoms with E-state index in [9.17, 15) is 4.79 Å². The lowest BCUT2D eigenvalue weighted by Crippen LogP contribution is -2.52. The minimum absolute atomic E-state index is 0.00604. The van der Waals surface area contributed by atoms with Gasteiger partial charge in [0, 0.05) is 31.7 Å². The van der Waals surface area contributed by atoms with E-state index >= 15 is 0 Å². The fourth-order valence-electron chi connectivity index (χ4n) is 5.59. The summed E-state index contributed by atoms with van der Waals surface area (Å²) in [6, 6.07) is 8.65. The van der Waals surface area contributed by atoms with Crippen LogP contribution in [-0.2, 0) is 14.9 Å². The standard InChI is InChI=1S/C22H32N2O2/c1-17-6-2-3-8-19(17)21(10-12-26-13-11-21)15-24-20(25)22-9-5-4-7-18(22)14-23-16-22/h2-3,6,8,18,23H,4-5,7,9-16H2,1H3,(H,24,25)/t18-,22+/m0/s1. The average Bonchev–Trinajstić information content (AvgIpc) is 3.12. The molecular formula is C22H32N2O2. The zero-order chi connectivity index (χ0) is 18.0. The topological polar surface area (TPSA) is 50.4 Å². The predicted octanol–water partition coefficient (Wildman–Crippen LogP) is 2.94. The molecular weight excluding hydrogens is 324 g/mol. The van der Waals surface area contributed by atoms with Crippen molar-refractivity contribution in [1.29, 1.82) is 0 Å². The molecule has 3 aliphatic rings. The number of ether oxygens (including phenoxy) is 1. The van der Waals surface area contributed by atoms with Gasteiger partial charge in [0.2, 0.25) is 5.91 Å². The van der Waals surface area contributed by atoms with Gasteiger partial charge in [-0.2, -0.15) is 0 Å². The molecule has 0 radical (unpaired) electrons. The van der Waals surface area contributed by atoms with Gasteiger partial charge in [0.15, 0.2) is 0 Å². The molecule has 4 nitrogen and oxygen atoms in total. The molecule has 0 unspecified atom stereocenters. The fourth-order valence-corrected chi connectivity index (χ4v) is 5.59. The fraction of sp³-hybridized carbons (Fsp3) is 0.682. The van der Waals surface area contributed by atoms with Gasteiger partial charge in [0.25, 0.3) is 0 Å². The number of aryl methyl sites for hydroxylation is 1. The minimum atomic E-state index is -0.170. The average molecular weight is 357 g/mol. The van der Waals surface area contributed by atoms with Crippen molar-refractivity contribution in [3.8, 4) is 0 Å². The summed E-state index contributed by atoms with van der Waals surface area (Å²) in [4.78, 5) is 13.3. The normalized spacial score (nSPS) is 30.6. The lowest BCUT2D eigenvalue weighted by atomic mass is 9.67. The number of benzene rings is 1. The molecule has 2 N–H and O–H groups in total. The molecule has 1 aromatic carbocycles. The quantitative estimate of drug-likeness (QED) is 0.872. The summed E-state index contributed by atoms with van der Waals surface area (Å²) >= 11 is 0. The third kappa shape index (κ3) is 3.07. The van der Waals surface area contributed by atoms with Crippen LogP contribution in [0.2, 0.25) is 0 Å². The molecule has 1 amide bonds. The molecule has 0 spiro atoms. The Kier molecular flexibility index (Phi) is 5.07. The maximum atomic E-state index is 13.3. The van der Waals surface area contributed by atoms with Gasteiger partial charge >= 0.3 is 0 Å². The summed E-state index contributed by atoms with van der Waals surface area (Å²) in [6.07, 6.45) is 6.64. The predicted molar refractivity (Wildman–Crippen MR) is 103 cm³/mol. The number of carbonyl (C=O) groups excluding carboxylic acids is 1. The monoisotopic (exact) mass is 356 g/mol. The van der Waals surface area contributed by atoms with Gasteiger partial charge in [-0.1, -0.05) is 37.1 Å². The second-order valence-electron chi connectivity index (χ2n) is 8.62. The zero-order valence-corrected chi connectivity index (χ0v) is 16.0. The van der Waals surface area contributed by atoms with Crippen molar-refractivity contribution < 1.29 is 9.53 Å². The minimum Gasteiger partial charge on any atom is -0.381 e. The Morgan fingerprint density at radius 2 is 2.04 bits per heavy atom. The smallest absolute Gasteiger partial charge is 0.227 e. The van der Waals surface area contributed by atoms with Gasteiger partial charge in [-0.25, -0.2) is 0 Å². The van der Waals surface area contributed by atoms with Gasteiger partial charge < -0.3 is 15.4 Å². The van der Waals surface area contributed by atoms with Crippen LogP contribution in [0.1, 0.15) is 49.7 Å². The van der Waals surface area contributed by atoms with E-state index in [-0.39, 0.29) is 16.7 Å². The highest BCUT2D eigenvalue weighted by Gasteiger charge is 2.50. The Hall–Kier alpha value is -1.39. The second kappa shape index (κ2) is 7.32. The molecule has 0 aromatic heterocycles. The first-order valence-electron chi connectivity index (χ1n) is 10.3. The van der Waals surface area contributed by atoms with E-state index in [1.807, 2.05) is 0 Å². The van der Waals surface area contributed by atoms with Crippen molar-refractivity contribution >= 4 is 5.91 Å². The van der Waals surface area contributed by atoms with Crippen LogP contribution in [0.4, 0.5) is 0 Å². The molecule has 1 saturated carbocycles. The Balaban J connectivity index is 1.54. The van der Waals surface area contributed by atoms with Crippen LogP contribution in [0.5, 0.6) is 0 Å². The number of carbonyl (C=O) groups is 1. The third-order valence-corrected chi connectivity index (χ3v) is 7.24. The first kappa shape index (κ1) is 18.0. The van der Waals surface area contributed by atoms with Crippen LogP contribution in [0.3, 0.4) is 0 Å². The molecule has 1 aromatic rings. The number of nitrogens with one attached hydrogen (secondary N) is 2. The summed E-state index contributed by atoms with van der Waals surface area (Å²) in [7, 11) is 0. The molecule has 0 bridgehead atoms. The van der Waals surface area contributed by atoms with Crippen molar-refractivity contribution in [2.24, 2.45) is 11.3 Å². The molecule has 2 heterocycles. The molecule has 4 heteroatoms. The summed E-state index contributed by atoms with van der Waals surface area (Å²) in [6.45, 7) is 6.33. The molecule has 1 aliphatic carbocycles. The van der Waals surface area contributed by atoms with Gasteiger partial charge in [-0.15, -0.1) is 0 Å². The van der Waals surface area contributed by atoms with Crippen LogP contribution >= 0.6 is 0 Å². The summed E-state index contributed by atoms with van der Waals surface area (Å²) in [5.74, 6) is 0.798. The zero-order valence-electron chi connectivity index (χ0n) is 16.0. The van der Waals surface area contributed by atoms with E-state index in [1.54, 1.807) is 0 Å². The summed E-state index contributed by atoms with van der Waals surface area (Å²) in [5.41, 5.74) is 2.54. The van der Waals surface area contributed by atoms with E-state index in [0.29, 0.717) is 5.92 Å². The van der Waals surface area contributed by atoms with Gasteiger partial charge in [0.1, 0.15) is 0 Å². The van der Waals surface area contributed by atoms with Crippen LogP contribution in [-0.4, -0.2) is 38.8 Å². The first-order chi connectivity index (χ1) is 12.7. The lowest BCUT2D eigenvalue weighted by molar-refractivity contribution is -0.134. The summed E-state index contributed by atoms with van der Waals surface area (Å²) < 4.78 is 5.65. The van der Waals surface area contributed by atoms with Crippen molar-refractivity contribution in [1.82, 2.24) is 10.6 Å². The van der Waals surface area contributed by atoms with Crippen LogP contribution in [0, 0.1) is 18.3 Å². The number of rotatable bonds is 4. The number of fused-ring (bicyclic) bond motifs is 1. The maximum Gasteiger partial charge on any atom is 0.227 e. The SMILES string of the molecule is Cc1ccccc1C1(CNC(=O)[C@@]23CCCC[C@H]2CNC3)CCOCC1. The van der Waals surface area contributed by atoms with E-state index in [4.69, 9.17) is 4.74 Å². The van der Waals surface area contributed by atoms with Crippen molar-refractivity contribution in [2.45, 2.75) is 50.9 Å². The molecule has 142 valence electrons. The van der Waals surface area contributed by atoms with E-state index in [0.717, 1.165) is 52.1 Å². The van der Waals surface area contributed by atoms with Crippen molar-refractivity contribution in [3.63, 3.8) is 0 Å². The molecule has 2 saturated heterocycles. The number of hydrogen-bond donors (Lipinski definition) is 2. The Labute approximate surface area is 157 Å². The Bertz CT molecular complexity index is 653. The van der Waals surface area contributed by atoms with Gasteiger partial charge in [0.05, 0.1) is 5.41 Å².